The van der Waals surface area contributed by atoms with Crippen molar-refractivity contribution in [3.05, 3.63) is 11.6 Å². The summed E-state index contributed by atoms with van der Waals surface area (Å²) >= 11 is 0. The number of hydrogen-bond acceptors (Lipinski definition) is 12. The zero-order chi connectivity index (χ0) is 33.3. The van der Waals surface area contributed by atoms with Gasteiger partial charge in [-0.1, -0.05) is 32.4 Å². The van der Waals surface area contributed by atoms with Gasteiger partial charge in [0.1, 0.15) is 24.1 Å². The maximum atomic E-state index is 11.5. The zero-order valence-electron chi connectivity index (χ0n) is 28.3. The lowest BCUT2D eigenvalue weighted by atomic mass is 9.43. The molecule has 2 bridgehead atoms. The molecule has 0 aromatic heterocycles. The molecule has 12 nitrogen and oxygen atoms in total. The maximum Gasteiger partial charge on any atom is 0.186 e. The molecule has 6 fully saturated rings. The number of aliphatic hydroxyl groups is 3. The number of aliphatic hydroxyl groups excluding tert-OH is 3. The molecule has 0 radical (unpaired) electrons. The molecule has 0 amide bonds. The van der Waals surface area contributed by atoms with E-state index in [0.717, 1.165) is 51.2 Å². The quantitative estimate of drug-likeness (QED) is 0.258. The monoisotopic (exact) mass is 666 g/mol. The fraction of sp³-hybridized carbons (Fsp3) is 0.914. The van der Waals surface area contributed by atoms with Gasteiger partial charge in [-0.05, 0) is 56.3 Å². The van der Waals surface area contributed by atoms with E-state index in [0.29, 0.717) is 12.3 Å². The van der Waals surface area contributed by atoms with Crippen molar-refractivity contribution in [2.24, 2.45) is 34.5 Å². The van der Waals surface area contributed by atoms with Gasteiger partial charge in [0, 0.05) is 37.9 Å². The van der Waals surface area contributed by atoms with Crippen molar-refractivity contribution in [3.63, 3.8) is 0 Å². The molecule has 0 aromatic rings. The smallest absolute Gasteiger partial charge is 0.186 e. The fourth-order valence-corrected chi connectivity index (χ4v) is 11.0. The van der Waals surface area contributed by atoms with Gasteiger partial charge in [-0.2, -0.15) is 0 Å². The molecule has 2 saturated carbocycles. The number of carbonyl (C=O) groups excluding carboxylic acids is 1. The second-order valence-corrected chi connectivity index (χ2v) is 15.5. The Bertz CT molecular complexity index is 1180. The number of rotatable bonds is 8. The van der Waals surface area contributed by atoms with Crippen molar-refractivity contribution >= 4 is 6.29 Å². The molecule has 3 aliphatic carbocycles. The van der Waals surface area contributed by atoms with Crippen molar-refractivity contribution in [1.82, 2.24) is 0 Å². The van der Waals surface area contributed by atoms with Gasteiger partial charge in [0.15, 0.2) is 25.2 Å². The number of allylic oxidation sites excluding steroid dienone is 1. The summed E-state index contributed by atoms with van der Waals surface area (Å²) in [5.41, 5.74) is 0.0640. The first-order valence-corrected chi connectivity index (χ1v) is 17.7. The zero-order valence-corrected chi connectivity index (χ0v) is 28.3. The van der Waals surface area contributed by atoms with Crippen LogP contribution in [0, 0.1) is 34.5 Å². The Hall–Kier alpha value is -1.03. The van der Waals surface area contributed by atoms with Gasteiger partial charge in [0.25, 0.3) is 0 Å². The molecule has 7 rings (SSSR count). The molecule has 4 aliphatic heterocycles. The van der Waals surface area contributed by atoms with Gasteiger partial charge >= 0.3 is 0 Å². The molecular weight excluding hydrogens is 612 g/mol. The molecule has 47 heavy (non-hydrogen) atoms. The second kappa shape index (κ2) is 12.9. The Morgan fingerprint density at radius 2 is 1.81 bits per heavy atom. The van der Waals surface area contributed by atoms with E-state index in [4.69, 9.17) is 37.9 Å². The molecule has 4 saturated heterocycles. The predicted octanol–water partition coefficient (Wildman–Crippen LogP) is 2.45. The minimum Gasteiger partial charge on any atom is -0.385 e. The molecule has 4 heterocycles. The number of hydrogen-bond donors (Lipinski definition) is 3. The standard InChI is InChI=1S/C35H54O12/c1-6-23-27-30(38)47-35(32(39)46-23)22-8-7-19-13-20(9-11-33(19,2)21(22)10-12-34(27,35)3)44-26-14-24(40-4)25(17-42-26)45-31-28(37)29(41-5)18(15-36)16-43-31/h7,15,18,20-32,37-39H,6,8-14,16-17H2,1-5H3. The summed E-state index contributed by atoms with van der Waals surface area (Å²) in [6, 6.07) is 0. The van der Waals surface area contributed by atoms with Crippen LogP contribution in [0.15, 0.2) is 11.6 Å². The lowest BCUT2D eigenvalue weighted by Crippen LogP contribution is -2.70. The SMILES string of the molecule is CCC1OC(O)C23OC(O)C1C2(C)CCC1C3CC=C2CC(OC3CC(OC)C(OC4OCC(C=O)C(OC)C4O)CO3)CCC21C. The summed E-state index contributed by atoms with van der Waals surface area (Å²) in [5.74, 6) is -0.353. The third-order valence-corrected chi connectivity index (χ3v) is 13.5. The third-order valence-electron chi connectivity index (χ3n) is 13.5. The van der Waals surface area contributed by atoms with Crippen LogP contribution in [0.5, 0.6) is 0 Å². The summed E-state index contributed by atoms with van der Waals surface area (Å²) in [4.78, 5) is 11.4. The van der Waals surface area contributed by atoms with Crippen LogP contribution in [0.25, 0.3) is 0 Å². The molecule has 12 heteroatoms. The molecule has 3 N–H and O–H groups in total. The Kier molecular flexibility index (Phi) is 9.48. The molecule has 266 valence electrons. The minimum atomic E-state index is -1.12. The van der Waals surface area contributed by atoms with E-state index in [1.165, 1.54) is 12.7 Å². The van der Waals surface area contributed by atoms with Crippen LogP contribution in [0.2, 0.25) is 0 Å². The van der Waals surface area contributed by atoms with Crippen molar-refractivity contribution in [2.45, 2.75) is 140 Å². The summed E-state index contributed by atoms with van der Waals surface area (Å²) in [7, 11) is 3.08. The molecule has 17 unspecified atom stereocenters. The van der Waals surface area contributed by atoms with Crippen molar-refractivity contribution in [3.8, 4) is 0 Å². The molecule has 17 atom stereocenters. The van der Waals surface area contributed by atoms with Crippen LogP contribution in [-0.2, 0) is 42.7 Å². The van der Waals surface area contributed by atoms with Gasteiger partial charge in [0.2, 0.25) is 0 Å². The number of ether oxygens (including phenoxy) is 8. The van der Waals surface area contributed by atoms with Gasteiger partial charge < -0.3 is 58.0 Å². The number of fused-ring (bicyclic) bond motifs is 3. The number of methoxy groups -OCH3 is 2. The van der Waals surface area contributed by atoms with Crippen LogP contribution in [-0.4, -0.2) is 116 Å². The van der Waals surface area contributed by atoms with E-state index in [2.05, 4.69) is 19.9 Å². The molecule has 7 aliphatic rings. The Balaban J connectivity index is 0.994. The average molecular weight is 667 g/mol. The first-order chi connectivity index (χ1) is 22.5. The third kappa shape index (κ3) is 5.23. The minimum absolute atomic E-state index is 0.00745. The Morgan fingerprint density at radius 3 is 2.53 bits per heavy atom. The Morgan fingerprint density at radius 1 is 1.00 bits per heavy atom. The summed E-state index contributed by atoms with van der Waals surface area (Å²) in [6.07, 6.45) is 3.27. The highest BCUT2D eigenvalue weighted by Gasteiger charge is 2.76. The normalized spacial score (nSPS) is 54.2. The van der Waals surface area contributed by atoms with E-state index < -0.39 is 55.0 Å². The first-order valence-electron chi connectivity index (χ1n) is 17.7. The second-order valence-electron chi connectivity index (χ2n) is 15.5. The van der Waals surface area contributed by atoms with E-state index >= 15 is 0 Å². The average Bonchev–Trinajstić information content (AvgIpc) is 3.24. The van der Waals surface area contributed by atoms with Crippen LogP contribution in [0.1, 0.15) is 72.1 Å². The topological polar surface area (TPSA) is 152 Å². The van der Waals surface area contributed by atoms with Crippen molar-refractivity contribution in [2.75, 3.05) is 27.4 Å². The molecule has 0 spiro atoms. The highest BCUT2D eigenvalue weighted by molar-refractivity contribution is 5.55. The van der Waals surface area contributed by atoms with E-state index in [1.807, 2.05) is 6.92 Å². The van der Waals surface area contributed by atoms with Crippen LogP contribution in [0.4, 0.5) is 0 Å². The van der Waals surface area contributed by atoms with Crippen molar-refractivity contribution in [1.29, 1.82) is 0 Å². The maximum absolute atomic E-state index is 11.5. The van der Waals surface area contributed by atoms with Crippen LogP contribution >= 0.6 is 0 Å². The van der Waals surface area contributed by atoms with Gasteiger partial charge in [-0.25, -0.2) is 0 Å². The van der Waals surface area contributed by atoms with Crippen LogP contribution in [0.3, 0.4) is 0 Å². The number of aldehydes is 1. The lowest BCUT2D eigenvalue weighted by molar-refractivity contribution is -0.333. The first kappa shape index (κ1) is 34.4. The Labute approximate surface area is 277 Å². The van der Waals surface area contributed by atoms with Gasteiger partial charge in [0.05, 0.1) is 43.5 Å². The van der Waals surface area contributed by atoms with Crippen molar-refractivity contribution < 1.29 is 58.0 Å². The summed E-state index contributed by atoms with van der Waals surface area (Å²) in [5, 5.41) is 33.5. The van der Waals surface area contributed by atoms with Crippen LogP contribution < -0.4 is 0 Å². The largest absolute Gasteiger partial charge is 0.385 e. The summed E-state index contributed by atoms with van der Waals surface area (Å²) < 4.78 is 48.3. The predicted molar refractivity (Wildman–Crippen MR) is 164 cm³/mol. The van der Waals surface area contributed by atoms with E-state index in [-0.39, 0.29) is 54.2 Å². The lowest BCUT2D eigenvalue weighted by Gasteiger charge is -2.64. The fourth-order valence-electron chi connectivity index (χ4n) is 11.0. The molecule has 0 aromatic carbocycles. The highest BCUT2D eigenvalue weighted by atomic mass is 16.7. The highest BCUT2D eigenvalue weighted by Crippen LogP contribution is 2.71. The van der Waals surface area contributed by atoms with Gasteiger partial charge in [-0.15, -0.1) is 0 Å². The van der Waals surface area contributed by atoms with Gasteiger partial charge in [-0.3, -0.25) is 0 Å². The van der Waals surface area contributed by atoms with E-state index in [1.54, 1.807) is 7.11 Å². The number of carbonyl (C=O) groups is 1. The molecular formula is C35H54O12. The van der Waals surface area contributed by atoms with E-state index in [9.17, 15) is 20.1 Å². The summed E-state index contributed by atoms with van der Waals surface area (Å²) in [6.45, 7) is 6.93.